The molecule has 0 spiro atoms. The number of hydroxylamine groups is 1. The number of hydrogen-bond donors (Lipinski definition) is 0. The molecule has 0 unspecified atom stereocenters. The van der Waals surface area contributed by atoms with Gasteiger partial charge in [-0.1, -0.05) is 30.3 Å². The van der Waals surface area contributed by atoms with Crippen molar-refractivity contribution in [2.24, 2.45) is 0 Å². The summed E-state index contributed by atoms with van der Waals surface area (Å²) in [5.41, 5.74) is 2.07. The van der Waals surface area contributed by atoms with Crippen molar-refractivity contribution in [3.8, 4) is 5.75 Å². The van der Waals surface area contributed by atoms with Gasteiger partial charge in [0.15, 0.2) is 12.3 Å². The summed E-state index contributed by atoms with van der Waals surface area (Å²) >= 11 is 0. The summed E-state index contributed by atoms with van der Waals surface area (Å²) in [7, 11) is 0. The number of hydrogen-bond acceptors (Lipinski definition) is 2. The lowest BCUT2D eigenvalue weighted by molar-refractivity contribution is -0.494. The molecule has 3 rings (SSSR count). The van der Waals surface area contributed by atoms with Crippen LogP contribution < -0.4 is 4.74 Å². The Labute approximate surface area is 131 Å². The maximum absolute atomic E-state index is 12.0. The van der Waals surface area contributed by atoms with Crippen molar-refractivity contribution in [3.63, 3.8) is 0 Å². The largest absolute Gasteiger partial charge is 0.624 e. The van der Waals surface area contributed by atoms with Crippen molar-refractivity contribution in [1.29, 1.82) is 0 Å². The first kappa shape index (κ1) is 14.6. The Morgan fingerprint density at radius 3 is 2.36 bits per heavy atom. The molecule has 0 atom stereocenters. The van der Waals surface area contributed by atoms with Gasteiger partial charge in [0.1, 0.15) is 12.4 Å². The molecule has 0 amide bonds. The zero-order valence-electron chi connectivity index (χ0n) is 12.7. The van der Waals surface area contributed by atoms with Crippen LogP contribution in [0.2, 0.25) is 0 Å². The highest BCUT2D eigenvalue weighted by Gasteiger charge is 2.21. The van der Waals surface area contributed by atoms with Gasteiger partial charge in [0, 0.05) is 18.4 Å². The lowest BCUT2D eigenvalue weighted by Crippen LogP contribution is -2.18. The summed E-state index contributed by atoms with van der Waals surface area (Å²) in [6.07, 6.45) is 6.06. The highest BCUT2D eigenvalue weighted by molar-refractivity contribution is 5.75. The summed E-state index contributed by atoms with van der Waals surface area (Å²) in [6.45, 7) is 0.555. The van der Waals surface area contributed by atoms with Gasteiger partial charge in [-0.25, -0.2) is 4.74 Å². The molecule has 0 aliphatic heterocycles. The second kappa shape index (κ2) is 7.12. The smallest absolute Gasteiger partial charge is 0.182 e. The van der Waals surface area contributed by atoms with Gasteiger partial charge in [-0.05, 0) is 42.7 Å². The zero-order chi connectivity index (χ0) is 15.2. The molecule has 3 nitrogen and oxygen atoms in total. The minimum Gasteiger partial charge on any atom is -0.624 e. The molecule has 1 fully saturated rings. The molecule has 0 heterocycles. The van der Waals surface area contributed by atoms with E-state index in [0.29, 0.717) is 6.61 Å². The normalized spacial score (nSPS) is 15.9. The molecule has 2 aromatic rings. The predicted molar refractivity (Wildman–Crippen MR) is 88.3 cm³/mol. The molecule has 0 radical (unpaired) electrons. The lowest BCUT2D eigenvalue weighted by Gasteiger charge is -2.11. The minimum absolute atomic E-state index is 0.161. The molecule has 1 aliphatic rings. The Bertz CT molecular complexity index is 614. The number of benzene rings is 2. The van der Waals surface area contributed by atoms with Crippen LogP contribution in [0.1, 0.15) is 36.8 Å². The number of nitrogens with zero attached hydrogens (tertiary/aromatic N) is 1. The van der Waals surface area contributed by atoms with Crippen LogP contribution in [0.3, 0.4) is 0 Å². The Morgan fingerprint density at radius 1 is 1.00 bits per heavy atom. The number of ether oxygens (including phenoxy) is 1. The summed E-state index contributed by atoms with van der Waals surface area (Å²) in [5, 5.41) is 12.0. The van der Waals surface area contributed by atoms with E-state index in [1.807, 2.05) is 54.6 Å². The Balaban J connectivity index is 1.59. The third kappa shape index (κ3) is 3.88. The van der Waals surface area contributed by atoms with Crippen LogP contribution >= 0.6 is 0 Å². The van der Waals surface area contributed by atoms with E-state index in [0.717, 1.165) is 34.5 Å². The van der Waals surface area contributed by atoms with Crippen LogP contribution in [0.4, 0.5) is 0 Å². The molecular weight excluding hydrogens is 274 g/mol. The third-order valence-corrected chi connectivity index (χ3v) is 4.09. The van der Waals surface area contributed by atoms with E-state index < -0.39 is 0 Å². The molecule has 0 saturated heterocycles. The van der Waals surface area contributed by atoms with Gasteiger partial charge in [0.05, 0.1) is 0 Å². The highest BCUT2D eigenvalue weighted by atomic mass is 16.5. The van der Waals surface area contributed by atoms with Gasteiger partial charge in [0.2, 0.25) is 0 Å². The maximum Gasteiger partial charge on any atom is 0.182 e. The van der Waals surface area contributed by atoms with E-state index in [1.54, 1.807) is 6.21 Å². The zero-order valence-corrected chi connectivity index (χ0v) is 12.7. The van der Waals surface area contributed by atoms with E-state index >= 15 is 0 Å². The quantitative estimate of drug-likeness (QED) is 0.360. The van der Waals surface area contributed by atoms with Gasteiger partial charge >= 0.3 is 0 Å². The van der Waals surface area contributed by atoms with Crippen LogP contribution in [-0.2, 0) is 6.61 Å². The fourth-order valence-corrected chi connectivity index (χ4v) is 2.80. The van der Waals surface area contributed by atoms with E-state index in [4.69, 9.17) is 4.74 Å². The Morgan fingerprint density at radius 2 is 1.68 bits per heavy atom. The van der Waals surface area contributed by atoms with Crippen LogP contribution in [0.5, 0.6) is 5.75 Å². The monoisotopic (exact) mass is 295 g/mol. The molecule has 114 valence electrons. The van der Waals surface area contributed by atoms with Crippen LogP contribution in [0, 0.1) is 5.21 Å². The second-order valence-electron chi connectivity index (χ2n) is 5.77. The third-order valence-electron chi connectivity index (χ3n) is 4.09. The van der Waals surface area contributed by atoms with Gasteiger partial charge in [0.25, 0.3) is 0 Å². The van der Waals surface area contributed by atoms with Gasteiger partial charge in [-0.15, -0.1) is 0 Å². The summed E-state index contributed by atoms with van der Waals surface area (Å²) < 4.78 is 6.86. The first-order valence-electron chi connectivity index (χ1n) is 7.88. The fraction of sp³-hybridized carbons (Fsp3) is 0.316. The highest BCUT2D eigenvalue weighted by Crippen LogP contribution is 2.20. The molecule has 3 heteroatoms. The van der Waals surface area contributed by atoms with Crippen molar-refractivity contribution >= 4 is 6.21 Å². The molecule has 1 aliphatic carbocycles. The van der Waals surface area contributed by atoms with Gasteiger partial charge in [-0.3, -0.25) is 0 Å². The first-order chi connectivity index (χ1) is 10.8. The average Bonchev–Trinajstić information content (AvgIpc) is 3.10. The first-order valence-corrected chi connectivity index (χ1v) is 7.88. The molecule has 0 bridgehead atoms. The number of rotatable bonds is 5. The SMILES string of the molecule is [O-][N+](=Cc1ccc(OCc2ccccc2)cc1)C1CCCC1. The van der Waals surface area contributed by atoms with Crippen molar-refractivity contribution < 1.29 is 9.48 Å². The second-order valence-corrected chi connectivity index (χ2v) is 5.77. The fourth-order valence-electron chi connectivity index (χ4n) is 2.80. The predicted octanol–water partition coefficient (Wildman–Crippen LogP) is 4.14. The van der Waals surface area contributed by atoms with E-state index in [2.05, 4.69) is 0 Å². The molecular formula is C19H21NO2. The average molecular weight is 295 g/mol. The Kier molecular flexibility index (Phi) is 4.74. The molecule has 0 aromatic heterocycles. The Hall–Kier alpha value is -2.29. The lowest BCUT2D eigenvalue weighted by atomic mass is 10.2. The van der Waals surface area contributed by atoms with E-state index in [9.17, 15) is 5.21 Å². The van der Waals surface area contributed by atoms with Gasteiger partial charge < -0.3 is 9.94 Å². The summed E-state index contributed by atoms with van der Waals surface area (Å²) in [6, 6.07) is 17.9. The van der Waals surface area contributed by atoms with Crippen molar-refractivity contribution in [3.05, 3.63) is 70.9 Å². The van der Waals surface area contributed by atoms with Crippen LogP contribution in [-0.4, -0.2) is 17.0 Å². The summed E-state index contributed by atoms with van der Waals surface area (Å²) in [4.78, 5) is 0. The maximum atomic E-state index is 12.0. The van der Waals surface area contributed by atoms with E-state index in [1.165, 1.54) is 12.8 Å². The van der Waals surface area contributed by atoms with Crippen LogP contribution in [0.25, 0.3) is 0 Å². The van der Waals surface area contributed by atoms with Gasteiger partial charge in [-0.2, -0.15) is 0 Å². The van der Waals surface area contributed by atoms with Crippen molar-refractivity contribution in [2.45, 2.75) is 38.3 Å². The van der Waals surface area contributed by atoms with Crippen molar-refractivity contribution in [1.82, 2.24) is 0 Å². The minimum atomic E-state index is 0.161. The molecule has 2 aromatic carbocycles. The molecule has 22 heavy (non-hydrogen) atoms. The molecule has 1 saturated carbocycles. The molecule has 0 N–H and O–H groups in total. The van der Waals surface area contributed by atoms with E-state index in [-0.39, 0.29) is 6.04 Å². The summed E-state index contributed by atoms with van der Waals surface area (Å²) in [5.74, 6) is 0.819. The standard InChI is InChI=1S/C19H21NO2/c21-20(18-8-4-5-9-18)14-16-10-12-19(13-11-16)22-15-17-6-2-1-3-7-17/h1-3,6-7,10-14,18H,4-5,8-9,15H2. The topological polar surface area (TPSA) is 35.3 Å². The van der Waals surface area contributed by atoms with Crippen molar-refractivity contribution in [2.75, 3.05) is 0 Å². The van der Waals surface area contributed by atoms with Crippen LogP contribution in [0.15, 0.2) is 54.6 Å².